The molecule has 1 aliphatic rings. The standard InChI is InChI=1S/C14H16ClNO2/c1-18-13-4-2-11(3-5-13)12-6-8-16(9-7-12)14(17)10-15/h2-6H,7-10H2,1H3. The maximum Gasteiger partial charge on any atom is 0.237 e. The number of amides is 1. The minimum absolute atomic E-state index is 0.00157. The third-order valence-electron chi connectivity index (χ3n) is 3.14. The van der Waals surface area contributed by atoms with Crippen LogP contribution in [0.25, 0.3) is 5.57 Å². The third-order valence-corrected chi connectivity index (χ3v) is 3.37. The first-order valence-electron chi connectivity index (χ1n) is 5.92. The van der Waals surface area contributed by atoms with Crippen molar-refractivity contribution in [3.63, 3.8) is 0 Å². The minimum atomic E-state index is 0.00157. The van der Waals surface area contributed by atoms with E-state index in [1.54, 1.807) is 12.0 Å². The summed E-state index contributed by atoms with van der Waals surface area (Å²) < 4.78 is 5.13. The average molecular weight is 266 g/mol. The number of rotatable bonds is 3. The molecule has 1 heterocycles. The molecule has 0 spiro atoms. The number of methoxy groups -OCH3 is 1. The van der Waals surface area contributed by atoms with Crippen LogP contribution in [0.2, 0.25) is 0 Å². The fourth-order valence-corrected chi connectivity index (χ4v) is 2.22. The number of alkyl halides is 1. The summed E-state index contributed by atoms with van der Waals surface area (Å²) in [5.74, 6) is 0.918. The van der Waals surface area contributed by atoms with Gasteiger partial charge in [-0.3, -0.25) is 4.79 Å². The van der Waals surface area contributed by atoms with Crippen LogP contribution in [0.1, 0.15) is 12.0 Å². The summed E-state index contributed by atoms with van der Waals surface area (Å²) >= 11 is 5.55. The summed E-state index contributed by atoms with van der Waals surface area (Å²) in [4.78, 5) is 13.2. The summed E-state index contributed by atoms with van der Waals surface area (Å²) in [6, 6.07) is 7.99. The van der Waals surface area contributed by atoms with Gasteiger partial charge in [0.15, 0.2) is 0 Å². The number of hydrogen-bond donors (Lipinski definition) is 0. The molecule has 0 aromatic heterocycles. The summed E-state index contributed by atoms with van der Waals surface area (Å²) in [5, 5.41) is 0. The lowest BCUT2D eigenvalue weighted by atomic mass is 9.99. The fraction of sp³-hybridized carbons (Fsp3) is 0.357. The molecule has 0 fully saturated rings. The Balaban J connectivity index is 2.06. The molecule has 0 unspecified atom stereocenters. The van der Waals surface area contributed by atoms with Crippen molar-refractivity contribution < 1.29 is 9.53 Å². The Bertz CT molecular complexity index is 453. The van der Waals surface area contributed by atoms with Crippen LogP contribution in [-0.2, 0) is 4.79 Å². The molecule has 0 aliphatic carbocycles. The Kier molecular flexibility index (Phi) is 4.26. The summed E-state index contributed by atoms with van der Waals surface area (Å²) in [6.07, 6.45) is 2.96. The van der Waals surface area contributed by atoms with Crippen molar-refractivity contribution in [1.82, 2.24) is 4.90 Å². The van der Waals surface area contributed by atoms with Gasteiger partial charge >= 0.3 is 0 Å². The van der Waals surface area contributed by atoms with Gasteiger partial charge in [0.25, 0.3) is 0 Å². The molecule has 18 heavy (non-hydrogen) atoms. The zero-order chi connectivity index (χ0) is 13.0. The molecule has 0 saturated carbocycles. The van der Waals surface area contributed by atoms with Gasteiger partial charge in [-0.25, -0.2) is 0 Å². The highest BCUT2D eigenvalue weighted by Gasteiger charge is 2.16. The van der Waals surface area contributed by atoms with Crippen molar-refractivity contribution in [3.05, 3.63) is 35.9 Å². The molecule has 96 valence electrons. The van der Waals surface area contributed by atoms with Gasteiger partial charge in [-0.05, 0) is 29.7 Å². The molecule has 2 rings (SSSR count). The first kappa shape index (κ1) is 13.0. The highest BCUT2D eigenvalue weighted by atomic mass is 35.5. The van der Waals surface area contributed by atoms with Crippen molar-refractivity contribution in [2.45, 2.75) is 6.42 Å². The molecule has 0 bridgehead atoms. The Labute approximate surface area is 112 Å². The van der Waals surface area contributed by atoms with Crippen molar-refractivity contribution in [3.8, 4) is 5.75 Å². The van der Waals surface area contributed by atoms with Gasteiger partial charge in [-0.1, -0.05) is 18.2 Å². The van der Waals surface area contributed by atoms with Crippen molar-refractivity contribution in [1.29, 1.82) is 0 Å². The molecule has 0 radical (unpaired) electrons. The minimum Gasteiger partial charge on any atom is -0.497 e. The molecule has 3 nitrogen and oxygen atoms in total. The molecule has 1 amide bonds. The lowest BCUT2D eigenvalue weighted by Crippen LogP contribution is -2.35. The van der Waals surface area contributed by atoms with Crippen molar-refractivity contribution in [2.24, 2.45) is 0 Å². The molecule has 4 heteroatoms. The first-order valence-corrected chi connectivity index (χ1v) is 6.45. The van der Waals surface area contributed by atoms with E-state index in [1.165, 1.54) is 11.1 Å². The maximum absolute atomic E-state index is 11.4. The van der Waals surface area contributed by atoms with E-state index in [0.717, 1.165) is 18.7 Å². The normalized spacial score (nSPS) is 15.2. The van der Waals surface area contributed by atoms with Crippen LogP contribution in [0.15, 0.2) is 30.3 Å². The van der Waals surface area contributed by atoms with Gasteiger partial charge in [-0.15, -0.1) is 11.6 Å². The number of halogens is 1. The summed E-state index contributed by atoms with van der Waals surface area (Å²) in [6.45, 7) is 1.39. The van der Waals surface area contributed by atoms with Gasteiger partial charge in [0, 0.05) is 13.1 Å². The predicted molar refractivity (Wildman–Crippen MR) is 72.9 cm³/mol. The second kappa shape index (κ2) is 5.91. The highest BCUT2D eigenvalue weighted by Crippen LogP contribution is 2.24. The van der Waals surface area contributed by atoms with Gasteiger partial charge in [0.1, 0.15) is 11.6 Å². The smallest absolute Gasteiger partial charge is 0.237 e. The largest absolute Gasteiger partial charge is 0.497 e. The Morgan fingerprint density at radius 3 is 2.61 bits per heavy atom. The highest BCUT2D eigenvalue weighted by molar-refractivity contribution is 6.27. The number of nitrogens with zero attached hydrogens (tertiary/aromatic N) is 1. The van der Waals surface area contributed by atoms with Crippen LogP contribution >= 0.6 is 11.6 Å². The van der Waals surface area contributed by atoms with Gasteiger partial charge in [-0.2, -0.15) is 0 Å². The quantitative estimate of drug-likeness (QED) is 0.786. The Morgan fingerprint density at radius 1 is 1.39 bits per heavy atom. The van der Waals surface area contributed by atoms with E-state index in [2.05, 4.69) is 6.08 Å². The summed E-state index contributed by atoms with van der Waals surface area (Å²) in [7, 11) is 1.66. The van der Waals surface area contributed by atoms with Crippen molar-refractivity contribution >= 4 is 23.1 Å². The van der Waals surface area contributed by atoms with Crippen LogP contribution in [0.5, 0.6) is 5.75 Å². The monoisotopic (exact) mass is 265 g/mol. The number of ether oxygens (including phenoxy) is 1. The first-order chi connectivity index (χ1) is 8.74. The second-order valence-corrected chi connectivity index (χ2v) is 4.45. The summed E-state index contributed by atoms with van der Waals surface area (Å²) in [5.41, 5.74) is 2.46. The SMILES string of the molecule is COc1ccc(C2=CCN(C(=O)CCl)CC2)cc1. The topological polar surface area (TPSA) is 29.5 Å². The van der Waals surface area contributed by atoms with Crippen LogP contribution in [0.4, 0.5) is 0 Å². The van der Waals surface area contributed by atoms with E-state index in [0.29, 0.717) is 6.54 Å². The molecule has 0 atom stereocenters. The lowest BCUT2D eigenvalue weighted by molar-refractivity contribution is -0.128. The maximum atomic E-state index is 11.4. The van der Waals surface area contributed by atoms with E-state index in [-0.39, 0.29) is 11.8 Å². The zero-order valence-electron chi connectivity index (χ0n) is 10.4. The van der Waals surface area contributed by atoms with E-state index < -0.39 is 0 Å². The lowest BCUT2D eigenvalue weighted by Gasteiger charge is -2.26. The van der Waals surface area contributed by atoms with E-state index in [1.807, 2.05) is 24.3 Å². The van der Waals surface area contributed by atoms with Crippen LogP contribution < -0.4 is 4.74 Å². The molecule has 1 aliphatic heterocycles. The van der Waals surface area contributed by atoms with Crippen molar-refractivity contribution in [2.75, 3.05) is 26.1 Å². The number of benzene rings is 1. The van der Waals surface area contributed by atoms with Gasteiger partial charge in [0.2, 0.25) is 5.91 Å². The Hall–Kier alpha value is -1.48. The second-order valence-electron chi connectivity index (χ2n) is 4.18. The number of hydrogen-bond acceptors (Lipinski definition) is 2. The predicted octanol–water partition coefficient (Wildman–Crippen LogP) is 2.55. The van der Waals surface area contributed by atoms with Gasteiger partial charge < -0.3 is 9.64 Å². The molecular formula is C14H16ClNO2. The molecule has 1 aromatic carbocycles. The zero-order valence-corrected chi connectivity index (χ0v) is 11.1. The molecular weight excluding hydrogens is 250 g/mol. The molecule has 1 aromatic rings. The van der Waals surface area contributed by atoms with Crippen LogP contribution in [0, 0.1) is 0 Å². The van der Waals surface area contributed by atoms with E-state index >= 15 is 0 Å². The third kappa shape index (κ3) is 2.85. The average Bonchev–Trinajstić information content (AvgIpc) is 2.47. The van der Waals surface area contributed by atoms with Gasteiger partial charge in [0.05, 0.1) is 7.11 Å². The van der Waals surface area contributed by atoms with E-state index in [9.17, 15) is 4.79 Å². The van der Waals surface area contributed by atoms with E-state index in [4.69, 9.17) is 16.3 Å². The molecule has 0 saturated heterocycles. The Morgan fingerprint density at radius 2 is 2.11 bits per heavy atom. The molecule has 0 N–H and O–H groups in total. The fourth-order valence-electron chi connectivity index (χ4n) is 2.05. The van der Waals surface area contributed by atoms with Crippen LogP contribution in [-0.4, -0.2) is 36.9 Å². The number of carbonyl (C=O) groups is 1. The van der Waals surface area contributed by atoms with Crippen LogP contribution in [0.3, 0.4) is 0 Å². The number of carbonyl (C=O) groups excluding carboxylic acids is 1.